The molecular formula is C11H16N4OS. The molecule has 5 nitrogen and oxygen atoms in total. The van der Waals surface area contributed by atoms with E-state index in [2.05, 4.69) is 22.2 Å². The Morgan fingerprint density at radius 3 is 3.06 bits per heavy atom. The lowest BCUT2D eigenvalue weighted by atomic mass is 10.2. The van der Waals surface area contributed by atoms with Gasteiger partial charge in [0.1, 0.15) is 10.6 Å². The molecule has 92 valence electrons. The van der Waals surface area contributed by atoms with Gasteiger partial charge in [0.05, 0.1) is 18.0 Å². The lowest BCUT2D eigenvalue weighted by Gasteiger charge is -2.16. The summed E-state index contributed by atoms with van der Waals surface area (Å²) in [7, 11) is 0. The van der Waals surface area contributed by atoms with Crippen molar-refractivity contribution in [3.63, 3.8) is 0 Å². The normalized spacial score (nSPS) is 12.8. The Hall–Kier alpha value is -1.40. The molecule has 2 aromatic rings. The van der Waals surface area contributed by atoms with E-state index in [4.69, 9.17) is 5.73 Å². The minimum atomic E-state index is 0.0115. The van der Waals surface area contributed by atoms with Crippen LogP contribution in [0.15, 0.2) is 11.4 Å². The number of aliphatic hydroxyl groups excluding tert-OH is 1. The number of nitrogens with zero attached hydrogens (tertiary/aromatic N) is 2. The van der Waals surface area contributed by atoms with Crippen LogP contribution in [0.5, 0.6) is 0 Å². The Kier molecular flexibility index (Phi) is 3.75. The first-order valence-electron chi connectivity index (χ1n) is 5.62. The maximum atomic E-state index is 9.28. The number of fused-ring (bicyclic) bond motifs is 1. The zero-order chi connectivity index (χ0) is 12.3. The van der Waals surface area contributed by atoms with Crippen LogP contribution in [0.1, 0.15) is 19.8 Å². The summed E-state index contributed by atoms with van der Waals surface area (Å²) < 4.78 is 0. The smallest absolute Gasteiger partial charge is 0.223 e. The molecule has 0 saturated heterocycles. The number of aliphatic hydroxyl groups is 1. The van der Waals surface area contributed by atoms with E-state index in [1.807, 2.05) is 11.4 Å². The Labute approximate surface area is 104 Å². The summed E-state index contributed by atoms with van der Waals surface area (Å²) in [6.45, 7) is 2.17. The predicted molar refractivity (Wildman–Crippen MR) is 71.2 cm³/mol. The number of hydrogen-bond acceptors (Lipinski definition) is 6. The van der Waals surface area contributed by atoms with Crippen molar-refractivity contribution in [3.05, 3.63) is 11.4 Å². The third kappa shape index (κ3) is 2.65. The molecule has 6 heteroatoms. The molecule has 0 fully saturated rings. The number of rotatable bonds is 5. The number of thiophene rings is 1. The van der Waals surface area contributed by atoms with E-state index in [0.717, 1.165) is 23.1 Å². The summed E-state index contributed by atoms with van der Waals surface area (Å²) in [4.78, 5) is 9.22. The molecule has 0 spiro atoms. The summed E-state index contributed by atoms with van der Waals surface area (Å²) in [5.74, 6) is 0.969. The molecule has 0 aromatic carbocycles. The number of nitrogen functional groups attached to an aromatic ring is 1. The van der Waals surface area contributed by atoms with Crippen molar-refractivity contribution in [3.8, 4) is 0 Å². The van der Waals surface area contributed by atoms with Crippen LogP contribution < -0.4 is 11.1 Å². The maximum absolute atomic E-state index is 9.28. The van der Waals surface area contributed by atoms with E-state index in [-0.39, 0.29) is 18.6 Å². The molecule has 0 aliphatic rings. The third-order valence-electron chi connectivity index (χ3n) is 2.54. The summed E-state index contributed by atoms with van der Waals surface area (Å²) in [5.41, 5.74) is 5.66. The highest BCUT2D eigenvalue weighted by molar-refractivity contribution is 7.16. The predicted octanol–water partition coefficient (Wildman–Crippen LogP) is 1.85. The number of aromatic nitrogens is 2. The van der Waals surface area contributed by atoms with E-state index in [1.54, 1.807) is 0 Å². The van der Waals surface area contributed by atoms with Gasteiger partial charge in [0.15, 0.2) is 0 Å². The van der Waals surface area contributed by atoms with Gasteiger partial charge in [-0.3, -0.25) is 0 Å². The summed E-state index contributed by atoms with van der Waals surface area (Å²) in [5, 5.41) is 15.4. The van der Waals surface area contributed by atoms with Crippen molar-refractivity contribution in [1.29, 1.82) is 0 Å². The molecule has 2 heterocycles. The maximum Gasteiger partial charge on any atom is 0.223 e. The largest absolute Gasteiger partial charge is 0.394 e. The van der Waals surface area contributed by atoms with Crippen LogP contribution in [0.4, 0.5) is 11.8 Å². The van der Waals surface area contributed by atoms with Crippen molar-refractivity contribution in [2.24, 2.45) is 0 Å². The molecule has 2 aromatic heterocycles. The average Bonchev–Trinajstić information content (AvgIpc) is 2.76. The summed E-state index contributed by atoms with van der Waals surface area (Å²) >= 11 is 1.53. The quantitative estimate of drug-likeness (QED) is 0.756. The molecule has 17 heavy (non-hydrogen) atoms. The molecular weight excluding hydrogens is 236 g/mol. The molecule has 0 aliphatic heterocycles. The molecule has 0 amide bonds. The van der Waals surface area contributed by atoms with Gasteiger partial charge in [0, 0.05) is 0 Å². The first kappa shape index (κ1) is 12.1. The minimum absolute atomic E-state index is 0.0115. The fraction of sp³-hybridized carbons (Fsp3) is 0.455. The number of anilines is 2. The van der Waals surface area contributed by atoms with Crippen LogP contribution in [-0.4, -0.2) is 27.7 Å². The SMILES string of the molecule is CCC[C@@H](CO)Nc1nc(N)nc2sccc12. The van der Waals surface area contributed by atoms with Crippen LogP contribution in [-0.2, 0) is 0 Å². The van der Waals surface area contributed by atoms with Crippen molar-refractivity contribution < 1.29 is 5.11 Å². The molecule has 0 unspecified atom stereocenters. The third-order valence-corrected chi connectivity index (χ3v) is 3.35. The molecule has 4 N–H and O–H groups in total. The van der Waals surface area contributed by atoms with Crippen LogP contribution in [0, 0.1) is 0 Å². The van der Waals surface area contributed by atoms with Crippen molar-refractivity contribution in [1.82, 2.24) is 9.97 Å². The second-order valence-electron chi connectivity index (χ2n) is 3.88. The Morgan fingerprint density at radius 2 is 2.35 bits per heavy atom. The molecule has 0 bridgehead atoms. The van der Waals surface area contributed by atoms with Gasteiger partial charge in [-0.2, -0.15) is 4.98 Å². The van der Waals surface area contributed by atoms with Gasteiger partial charge in [0.25, 0.3) is 0 Å². The van der Waals surface area contributed by atoms with Crippen LogP contribution in [0.2, 0.25) is 0 Å². The molecule has 0 aliphatic carbocycles. The summed E-state index contributed by atoms with van der Waals surface area (Å²) in [6.07, 6.45) is 1.90. The minimum Gasteiger partial charge on any atom is -0.394 e. The second-order valence-corrected chi connectivity index (χ2v) is 4.78. The summed E-state index contributed by atoms with van der Waals surface area (Å²) in [6, 6.07) is 1.97. The van der Waals surface area contributed by atoms with E-state index in [9.17, 15) is 5.11 Å². The Bertz CT molecular complexity index is 499. The Morgan fingerprint density at radius 1 is 1.53 bits per heavy atom. The van der Waals surface area contributed by atoms with Crippen LogP contribution in [0.25, 0.3) is 10.2 Å². The van der Waals surface area contributed by atoms with E-state index in [0.29, 0.717) is 5.82 Å². The van der Waals surface area contributed by atoms with Crippen molar-refractivity contribution >= 4 is 33.3 Å². The van der Waals surface area contributed by atoms with E-state index >= 15 is 0 Å². The number of hydrogen-bond donors (Lipinski definition) is 3. The highest BCUT2D eigenvalue weighted by Gasteiger charge is 2.11. The van der Waals surface area contributed by atoms with Gasteiger partial charge >= 0.3 is 0 Å². The van der Waals surface area contributed by atoms with Crippen LogP contribution in [0.3, 0.4) is 0 Å². The first-order chi connectivity index (χ1) is 8.24. The molecule has 0 radical (unpaired) electrons. The zero-order valence-electron chi connectivity index (χ0n) is 9.68. The van der Waals surface area contributed by atoms with Gasteiger partial charge < -0.3 is 16.2 Å². The lowest BCUT2D eigenvalue weighted by Crippen LogP contribution is -2.24. The van der Waals surface area contributed by atoms with Gasteiger partial charge in [-0.25, -0.2) is 4.98 Å². The van der Waals surface area contributed by atoms with E-state index < -0.39 is 0 Å². The highest BCUT2D eigenvalue weighted by atomic mass is 32.1. The standard InChI is InChI=1S/C11H16N4OS/c1-2-3-7(6-16)13-9-8-4-5-17-10(8)15-11(12)14-9/h4-5,7,16H,2-3,6H2,1H3,(H3,12,13,14,15)/t7-/m0/s1. The Balaban J connectivity index is 2.30. The number of nitrogens with two attached hydrogens (primary N) is 1. The fourth-order valence-corrected chi connectivity index (χ4v) is 2.50. The lowest BCUT2D eigenvalue weighted by molar-refractivity contribution is 0.268. The van der Waals surface area contributed by atoms with Gasteiger partial charge in [-0.05, 0) is 17.9 Å². The van der Waals surface area contributed by atoms with Gasteiger partial charge in [-0.1, -0.05) is 13.3 Å². The van der Waals surface area contributed by atoms with E-state index in [1.165, 1.54) is 11.3 Å². The highest BCUT2D eigenvalue weighted by Crippen LogP contribution is 2.26. The van der Waals surface area contributed by atoms with Crippen molar-refractivity contribution in [2.75, 3.05) is 17.7 Å². The van der Waals surface area contributed by atoms with Gasteiger partial charge in [-0.15, -0.1) is 11.3 Å². The average molecular weight is 252 g/mol. The topological polar surface area (TPSA) is 84.1 Å². The van der Waals surface area contributed by atoms with Crippen LogP contribution >= 0.6 is 11.3 Å². The molecule has 0 saturated carbocycles. The zero-order valence-corrected chi connectivity index (χ0v) is 10.5. The molecule has 2 rings (SSSR count). The number of nitrogens with one attached hydrogen (secondary N) is 1. The van der Waals surface area contributed by atoms with Crippen molar-refractivity contribution in [2.45, 2.75) is 25.8 Å². The second kappa shape index (κ2) is 5.29. The monoisotopic (exact) mass is 252 g/mol. The van der Waals surface area contributed by atoms with Gasteiger partial charge in [0.2, 0.25) is 5.95 Å². The fourth-order valence-electron chi connectivity index (χ4n) is 1.73. The first-order valence-corrected chi connectivity index (χ1v) is 6.50. The molecule has 1 atom stereocenters.